The lowest BCUT2D eigenvalue weighted by Gasteiger charge is -2.34. The van der Waals surface area contributed by atoms with Crippen molar-refractivity contribution >= 4 is 34.9 Å². The Labute approximate surface area is 135 Å². The molecule has 2 heterocycles. The largest absolute Gasteiger partial charge is 0.312 e. The quantitative estimate of drug-likeness (QED) is 0.855. The molecule has 0 spiro atoms. The molecule has 1 saturated heterocycles. The zero-order chi connectivity index (χ0) is 14.5. The summed E-state index contributed by atoms with van der Waals surface area (Å²) in [6, 6.07) is 0.563. The summed E-state index contributed by atoms with van der Waals surface area (Å²) in [5.41, 5.74) is 1.21. The first kappa shape index (κ1) is 16.7. The van der Waals surface area contributed by atoms with Crippen LogP contribution in [0.15, 0.2) is 0 Å². The minimum Gasteiger partial charge on any atom is -0.312 e. The molecule has 0 bridgehead atoms. The molecule has 1 aliphatic rings. The molecule has 3 atom stereocenters. The summed E-state index contributed by atoms with van der Waals surface area (Å²) in [4.78, 5) is 6.11. The third-order valence-electron chi connectivity index (χ3n) is 3.76. The molecule has 0 saturated carbocycles. The van der Waals surface area contributed by atoms with E-state index in [1.54, 1.807) is 0 Å². The Hall–Kier alpha value is 0.290. The number of hydrogen-bond donors (Lipinski definition) is 1. The van der Waals surface area contributed by atoms with Crippen LogP contribution < -0.4 is 5.32 Å². The number of hydrogen-bond acceptors (Lipinski definition) is 5. The van der Waals surface area contributed by atoms with Crippen molar-refractivity contribution in [1.82, 2.24) is 10.3 Å². The second kappa shape index (κ2) is 8.06. The van der Waals surface area contributed by atoms with Gasteiger partial charge >= 0.3 is 0 Å². The van der Waals surface area contributed by atoms with Crippen LogP contribution in [0, 0.1) is 13.8 Å². The van der Waals surface area contributed by atoms with Crippen molar-refractivity contribution in [3.63, 3.8) is 0 Å². The molecule has 114 valence electrons. The van der Waals surface area contributed by atoms with Crippen molar-refractivity contribution in [2.24, 2.45) is 0 Å². The maximum Gasteiger partial charge on any atom is 0.0946 e. The fourth-order valence-corrected chi connectivity index (χ4v) is 6.49. The smallest absolute Gasteiger partial charge is 0.0946 e. The Kier molecular flexibility index (Phi) is 6.72. The van der Waals surface area contributed by atoms with Crippen LogP contribution in [-0.2, 0) is 6.42 Å². The summed E-state index contributed by atoms with van der Waals surface area (Å²) >= 11 is 6.16. The van der Waals surface area contributed by atoms with E-state index >= 15 is 0 Å². The van der Waals surface area contributed by atoms with Gasteiger partial charge in [0.2, 0.25) is 0 Å². The van der Waals surface area contributed by atoms with E-state index in [1.807, 2.05) is 11.3 Å². The van der Waals surface area contributed by atoms with Crippen molar-refractivity contribution in [2.75, 3.05) is 18.1 Å². The van der Waals surface area contributed by atoms with E-state index in [1.165, 1.54) is 33.5 Å². The van der Waals surface area contributed by atoms with Crippen LogP contribution in [0.3, 0.4) is 0 Å². The predicted molar refractivity (Wildman–Crippen MR) is 95.5 cm³/mol. The Balaban J connectivity index is 2.05. The van der Waals surface area contributed by atoms with Crippen molar-refractivity contribution < 1.29 is 0 Å². The Morgan fingerprint density at radius 1 is 1.30 bits per heavy atom. The standard InChI is InChI=1S/C15H26N2S3/c1-5-6-16-13(15-12(4)18-7-8-19-15)9-14-17-10(2)11(3)20-14/h12-13,15-16H,5-9H2,1-4H3. The van der Waals surface area contributed by atoms with Crippen LogP contribution >= 0.6 is 34.9 Å². The third kappa shape index (κ3) is 4.39. The Morgan fingerprint density at radius 3 is 2.65 bits per heavy atom. The van der Waals surface area contributed by atoms with Gasteiger partial charge in [-0.05, 0) is 26.8 Å². The first-order valence-corrected chi connectivity index (χ1v) is 10.4. The normalized spacial score (nSPS) is 24.8. The first-order chi connectivity index (χ1) is 9.61. The average Bonchev–Trinajstić information content (AvgIpc) is 2.74. The van der Waals surface area contributed by atoms with Crippen LogP contribution in [0.4, 0.5) is 0 Å². The van der Waals surface area contributed by atoms with E-state index in [-0.39, 0.29) is 0 Å². The molecule has 5 heteroatoms. The summed E-state index contributed by atoms with van der Waals surface area (Å²) in [6.07, 6.45) is 2.28. The number of aromatic nitrogens is 1. The fraction of sp³-hybridized carbons (Fsp3) is 0.800. The van der Waals surface area contributed by atoms with Crippen LogP contribution in [0.2, 0.25) is 0 Å². The highest BCUT2D eigenvalue weighted by molar-refractivity contribution is 8.07. The maximum atomic E-state index is 4.74. The highest BCUT2D eigenvalue weighted by Gasteiger charge is 2.30. The van der Waals surface area contributed by atoms with Crippen molar-refractivity contribution in [3.05, 3.63) is 15.6 Å². The predicted octanol–water partition coefficient (Wildman–Crippen LogP) is 3.91. The monoisotopic (exact) mass is 330 g/mol. The molecule has 20 heavy (non-hydrogen) atoms. The molecule has 0 radical (unpaired) electrons. The second-order valence-corrected chi connectivity index (χ2v) is 9.48. The van der Waals surface area contributed by atoms with Gasteiger partial charge in [0.25, 0.3) is 0 Å². The SMILES string of the molecule is CCCNC(Cc1nc(C)c(C)s1)C1SCCSC1C. The Morgan fingerprint density at radius 2 is 2.05 bits per heavy atom. The number of nitrogens with zero attached hydrogens (tertiary/aromatic N) is 1. The molecule has 0 aromatic carbocycles. The van der Waals surface area contributed by atoms with Gasteiger partial charge in [0.15, 0.2) is 0 Å². The molecule has 2 nitrogen and oxygen atoms in total. The van der Waals surface area contributed by atoms with Gasteiger partial charge in [0.1, 0.15) is 0 Å². The van der Waals surface area contributed by atoms with Gasteiger partial charge in [-0.1, -0.05) is 13.8 Å². The lowest BCUT2D eigenvalue weighted by molar-refractivity contribution is 0.486. The maximum absolute atomic E-state index is 4.74. The van der Waals surface area contributed by atoms with E-state index in [2.05, 4.69) is 56.5 Å². The average molecular weight is 331 g/mol. The van der Waals surface area contributed by atoms with Crippen molar-refractivity contribution in [2.45, 2.75) is 57.1 Å². The van der Waals surface area contributed by atoms with Gasteiger partial charge in [-0.15, -0.1) is 11.3 Å². The number of rotatable bonds is 6. The van der Waals surface area contributed by atoms with Crippen LogP contribution in [0.1, 0.15) is 35.8 Å². The molecule has 0 aliphatic carbocycles. The van der Waals surface area contributed by atoms with Crippen molar-refractivity contribution in [3.8, 4) is 0 Å². The highest BCUT2D eigenvalue weighted by Crippen LogP contribution is 2.34. The summed E-state index contributed by atoms with van der Waals surface area (Å²) < 4.78 is 0. The molecule has 0 amide bonds. The minimum absolute atomic E-state index is 0.563. The summed E-state index contributed by atoms with van der Waals surface area (Å²) in [7, 11) is 0. The molecule has 1 aromatic heterocycles. The van der Waals surface area contributed by atoms with E-state index < -0.39 is 0 Å². The van der Waals surface area contributed by atoms with Gasteiger partial charge in [-0.25, -0.2) is 4.98 Å². The lowest BCUT2D eigenvalue weighted by atomic mass is 10.1. The van der Waals surface area contributed by atoms with Crippen LogP contribution in [0.25, 0.3) is 0 Å². The Bertz CT molecular complexity index is 400. The van der Waals surface area contributed by atoms with Crippen molar-refractivity contribution in [1.29, 1.82) is 0 Å². The molecule has 1 aromatic rings. The molecular formula is C15H26N2S3. The van der Waals surface area contributed by atoms with E-state index in [9.17, 15) is 0 Å². The number of thioether (sulfide) groups is 2. The van der Waals surface area contributed by atoms with E-state index in [4.69, 9.17) is 4.98 Å². The van der Waals surface area contributed by atoms with Gasteiger partial charge in [-0.3, -0.25) is 0 Å². The van der Waals surface area contributed by atoms with Crippen LogP contribution in [-0.4, -0.2) is 39.6 Å². The minimum atomic E-state index is 0.563. The van der Waals surface area contributed by atoms with Gasteiger partial charge in [-0.2, -0.15) is 23.5 Å². The van der Waals surface area contributed by atoms with E-state index in [0.717, 1.165) is 18.2 Å². The first-order valence-electron chi connectivity index (χ1n) is 7.51. The molecule has 1 N–H and O–H groups in total. The summed E-state index contributed by atoms with van der Waals surface area (Å²) in [5.74, 6) is 2.60. The van der Waals surface area contributed by atoms with Gasteiger partial charge in [0, 0.05) is 39.3 Å². The molecule has 1 fully saturated rings. The fourth-order valence-electron chi connectivity index (χ4n) is 2.54. The molecule has 3 unspecified atom stereocenters. The zero-order valence-electron chi connectivity index (χ0n) is 12.9. The lowest BCUT2D eigenvalue weighted by Crippen LogP contribution is -2.46. The number of nitrogens with one attached hydrogen (secondary N) is 1. The zero-order valence-corrected chi connectivity index (χ0v) is 15.4. The topological polar surface area (TPSA) is 24.9 Å². The van der Waals surface area contributed by atoms with Gasteiger partial charge in [0.05, 0.1) is 10.7 Å². The van der Waals surface area contributed by atoms with Gasteiger partial charge < -0.3 is 5.32 Å². The number of thiazole rings is 1. The van der Waals surface area contributed by atoms with E-state index in [0.29, 0.717) is 11.3 Å². The second-order valence-electron chi connectivity index (χ2n) is 5.43. The summed E-state index contributed by atoms with van der Waals surface area (Å²) in [5, 5.41) is 6.54. The molecular weight excluding hydrogens is 304 g/mol. The summed E-state index contributed by atoms with van der Waals surface area (Å²) in [6.45, 7) is 10.0. The molecule has 2 rings (SSSR count). The van der Waals surface area contributed by atoms with Crippen LogP contribution in [0.5, 0.6) is 0 Å². The third-order valence-corrected chi connectivity index (χ3v) is 8.10. The number of aryl methyl sites for hydroxylation is 2. The molecule has 1 aliphatic heterocycles. The highest BCUT2D eigenvalue weighted by atomic mass is 32.2.